The lowest BCUT2D eigenvalue weighted by atomic mass is 10.0. The largest absolute Gasteiger partial charge is 0.481 e. The van der Waals surface area contributed by atoms with Crippen molar-refractivity contribution in [1.82, 2.24) is 5.01 Å². The van der Waals surface area contributed by atoms with E-state index in [1.807, 2.05) is 0 Å². The van der Waals surface area contributed by atoms with Gasteiger partial charge in [-0.05, 0) is 25.7 Å². The summed E-state index contributed by atoms with van der Waals surface area (Å²) in [5, 5.41) is 17.8. The Morgan fingerprint density at radius 3 is 2.94 bits per heavy atom. The van der Waals surface area contributed by atoms with E-state index >= 15 is 0 Å². The fourth-order valence-electron chi connectivity index (χ4n) is 2.10. The van der Waals surface area contributed by atoms with Gasteiger partial charge in [-0.2, -0.15) is 0 Å². The molecule has 1 aliphatic heterocycles. The molecule has 1 rings (SSSR count). The Hall–Kier alpha value is -1.10. The van der Waals surface area contributed by atoms with Crippen LogP contribution in [0, 0.1) is 5.41 Å². The minimum atomic E-state index is -0.738. The van der Waals surface area contributed by atoms with Crippen molar-refractivity contribution in [3.63, 3.8) is 0 Å². The van der Waals surface area contributed by atoms with E-state index in [0.717, 1.165) is 38.5 Å². The van der Waals surface area contributed by atoms with Crippen molar-refractivity contribution in [2.45, 2.75) is 57.4 Å². The zero-order valence-electron chi connectivity index (χ0n) is 9.61. The number of nitrogens with one attached hydrogen (secondary N) is 1. The SMILES string of the molecule is N=C1CCCCC(CCCCC(=O)O)N1N. The maximum atomic E-state index is 10.4. The van der Waals surface area contributed by atoms with Crippen LogP contribution in [0.25, 0.3) is 0 Å². The van der Waals surface area contributed by atoms with Gasteiger partial charge in [-0.25, -0.2) is 5.84 Å². The van der Waals surface area contributed by atoms with E-state index in [-0.39, 0.29) is 12.5 Å². The molecule has 0 radical (unpaired) electrons. The van der Waals surface area contributed by atoms with E-state index < -0.39 is 5.97 Å². The van der Waals surface area contributed by atoms with Gasteiger partial charge >= 0.3 is 5.97 Å². The molecule has 1 heterocycles. The lowest BCUT2D eigenvalue weighted by Crippen LogP contribution is -2.44. The Balaban J connectivity index is 2.28. The van der Waals surface area contributed by atoms with Gasteiger partial charge in [-0.1, -0.05) is 12.8 Å². The van der Waals surface area contributed by atoms with Crippen molar-refractivity contribution < 1.29 is 9.90 Å². The molecule has 1 fully saturated rings. The van der Waals surface area contributed by atoms with Crippen LogP contribution in [0.1, 0.15) is 51.4 Å². The summed E-state index contributed by atoms with van der Waals surface area (Å²) in [6, 6.07) is 0.226. The summed E-state index contributed by atoms with van der Waals surface area (Å²) in [7, 11) is 0. The Morgan fingerprint density at radius 1 is 1.50 bits per heavy atom. The first-order valence-electron chi connectivity index (χ1n) is 5.94. The van der Waals surface area contributed by atoms with E-state index in [0.29, 0.717) is 12.3 Å². The first kappa shape index (κ1) is 13.0. The molecule has 0 spiro atoms. The van der Waals surface area contributed by atoms with E-state index in [9.17, 15) is 4.79 Å². The van der Waals surface area contributed by atoms with E-state index in [1.54, 1.807) is 5.01 Å². The molecule has 4 N–H and O–H groups in total. The number of carboxylic acid groups (broad SMARTS) is 1. The third-order valence-corrected chi connectivity index (χ3v) is 3.08. The van der Waals surface area contributed by atoms with Crippen LogP contribution < -0.4 is 5.84 Å². The van der Waals surface area contributed by atoms with Crippen LogP contribution in [-0.2, 0) is 4.79 Å². The van der Waals surface area contributed by atoms with Gasteiger partial charge in [0.2, 0.25) is 0 Å². The number of carboxylic acids is 1. The number of nitrogens with two attached hydrogens (primary N) is 1. The number of hydrogen-bond donors (Lipinski definition) is 3. The minimum absolute atomic E-state index is 0.226. The van der Waals surface area contributed by atoms with Crippen molar-refractivity contribution in [3.8, 4) is 0 Å². The summed E-state index contributed by atoms with van der Waals surface area (Å²) in [6.07, 6.45) is 6.64. The van der Waals surface area contributed by atoms with Crippen LogP contribution in [0.2, 0.25) is 0 Å². The van der Waals surface area contributed by atoms with Crippen LogP contribution in [0.15, 0.2) is 0 Å². The molecule has 0 aromatic heterocycles. The van der Waals surface area contributed by atoms with Crippen LogP contribution in [-0.4, -0.2) is 28.0 Å². The van der Waals surface area contributed by atoms with Crippen LogP contribution >= 0.6 is 0 Å². The van der Waals surface area contributed by atoms with Gasteiger partial charge < -0.3 is 5.11 Å². The highest BCUT2D eigenvalue weighted by Crippen LogP contribution is 2.19. The number of carbonyl (C=O) groups is 1. The van der Waals surface area contributed by atoms with Crippen LogP contribution in [0.3, 0.4) is 0 Å². The van der Waals surface area contributed by atoms with Gasteiger partial charge in [0.05, 0.1) is 0 Å². The number of amidine groups is 1. The maximum Gasteiger partial charge on any atom is 0.303 e. The lowest BCUT2D eigenvalue weighted by Gasteiger charge is -2.27. The third kappa shape index (κ3) is 4.18. The van der Waals surface area contributed by atoms with Crippen molar-refractivity contribution in [2.24, 2.45) is 5.84 Å². The summed E-state index contributed by atoms with van der Waals surface area (Å²) >= 11 is 0. The predicted molar refractivity (Wildman–Crippen MR) is 62.1 cm³/mol. The monoisotopic (exact) mass is 227 g/mol. The summed E-state index contributed by atoms with van der Waals surface area (Å²) in [5.74, 6) is 5.63. The molecule has 92 valence electrons. The normalized spacial score (nSPS) is 21.9. The Kier molecular flexibility index (Phi) is 5.25. The molecule has 1 unspecified atom stereocenters. The molecular weight excluding hydrogens is 206 g/mol. The summed E-state index contributed by atoms with van der Waals surface area (Å²) < 4.78 is 0. The third-order valence-electron chi connectivity index (χ3n) is 3.08. The first-order valence-corrected chi connectivity index (χ1v) is 5.94. The van der Waals surface area contributed by atoms with Gasteiger partial charge in [0, 0.05) is 18.9 Å². The van der Waals surface area contributed by atoms with Gasteiger partial charge in [-0.15, -0.1) is 0 Å². The minimum Gasteiger partial charge on any atom is -0.481 e. The van der Waals surface area contributed by atoms with E-state index in [4.69, 9.17) is 16.4 Å². The highest BCUT2D eigenvalue weighted by molar-refractivity contribution is 5.79. The standard InChI is InChI=1S/C11H21N3O2/c12-10-7-3-1-5-9(14(10)13)6-2-4-8-11(15)16/h9,12H,1-8,13H2,(H,15,16). The molecule has 0 saturated carbocycles. The van der Waals surface area contributed by atoms with Gasteiger partial charge in [-0.3, -0.25) is 15.2 Å². The molecule has 1 atom stereocenters. The molecule has 5 nitrogen and oxygen atoms in total. The Labute approximate surface area is 96.1 Å². The summed E-state index contributed by atoms with van der Waals surface area (Å²) in [4.78, 5) is 10.4. The molecule has 5 heteroatoms. The van der Waals surface area contributed by atoms with Crippen molar-refractivity contribution in [2.75, 3.05) is 0 Å². The number of nitrogens with zero attached hydrogens (tertiary/aromatic N) is 1. The zero-order valence-corrected chi connectivity index (χ0v) is 9.61. The second kappa shape index (κ2) is 6.48. The molecule has 1 saturated heterocycles. The van der Waals surface area contributed by atoms with Gasteiger partial charge in [0.25, 0.3) is 0 Å². The molecule has 0 aromatic carbocycles. The second-order valence-electron chi connectivity index (χ2n) is 4.39. The number of hydrogen-bond acceptors (Lipinski definition) is 3. The lowest BCUT2D eigenvalue weighted by molar-refractivity contribution is -0.137. The number of hydrazine groups is 1. The maximum absolute atomic E-state index is 10.4. The quantitative estimate of drug-likeness (QED) is 0.492. The fraction of sp³-hybridized carbons (Fsp3) is 0.818. The summed E-state index contributed by atoms with van der Waals surface area (Å²) in [6.45, 7) is 0. The topological polar surface area (TPSA) is 90.4 Å². The molecule has 0 aliphatic carbocycles. The smallest absolute Gasteiger partial charge is 0.303 e. The van der Waals surface area contributed by atoms with Crippen LogP contribution in [0.5, 0.6) is 0 Å². The fourth-order valence-corrected chi connectivity index (χ4v) is 2.10. The van der Waals surface area contributed by atoms with E-state index in [1.165, 1.54) is 0 Å². The highest BCUT2D eigenvalue weighted by Gasteiger charge is 2.20. The number of rotatable bonds is 5. The Morgan fingerprint density at radius 2 is 2.25 bits per heavy atom. The van der Waals surface area contributed by atoms with E-state index in [2.05, 4.69) is 0 Å². The number of aliphatic carboxylic acids is 1. The summed E-state index contributed by atoms with van der Waals surface area (Å²) in [5.41, 5.74) is 0. The van der Waals surface area contributed by atoms with Gasteiger partial charge in [0.15, 0.2) is 0 Å². The predicted octanol–water partition coefficient (Wildman–Crippen LogP) is 1.73. The molecule has 16 heavy (non-hydrogen) atoms. The average molecular weight is 227 g/mol. The van der Waals surface area contributed by atoms with Crippen molar-refractivity contribution in [3.05, 3.63) is 0 Å². The Bertz CT molecular complexity index is 256. The van der Waals surface area contributed by atoms with Gasteiger partial charge in [0.1, 0.15) is 5.84 Å². The zero-order chi connectivity index (χ0) is 12.0. The molecule has 0 aromatic rings. The molecular formula is C11H21N3O2. The second-order valence-corrected chi connectivity index (χ2v) is 4.39. The van der Waals surface area contributed by atoms with Crippen LogP contribution in [0.4, 0.5) is 0 Å². The average Bonchev–Trinajstić information content (AvgIpc) is 2.38. The molecule has 0 bridgehead atoms. The molecule has 0 amide bonds. The molecule has 1 aliphatic rings. The van der Waals surface area contributed by atoms with Crippen molar-refractivity contribution >= 4 is 11.8 Å². The van der Waals surface area contributed by atoms with Crippen molar-refractivity contribution in [1.29, 1.82) is 5.41 Å². The highest BCUT2D eigenvalue weighted by atomic mass is 16.4. The number of unbranched alkanes of at least 4 members (excludes halogenated alkanes) is 1. The first-order chi connectivity index (χ1) is 7.61.